The second kappa shape index (κ2) is 7.46. The third kappa shape index (κ3) is 4.48. The van der Waals surface area contributed by atoms with Crippen molar-refractivity contribution in [2.75, 3.05) is 19.6 Å². The van der Waals surface area contributed by atoms with Crippen LogP contribution in [0.5, 0.6) is 0 Å². The number of hydrogen-bond acceptors (Lipinski definition) is 2. The average Bonchev–Trinajstić information content (AvgIpc) is 2.37. The van der Waals surface area contributed by atoms with Crippen LogP contribution in [0.1, 0.15) is 32.4 Å². The first-order chi connectivity index (χ1) is 8.99. The number of rotatable bonds is 6. The molecule has 1 aromatic rings. The Balaban J connectivity index is 2.60. The van der Waals surface area contributed by atoms with Crippen molar-refractivity contribution in [1.82, 2.24) is 10.2 Å². The fourth-order valence-electron chi connectivity index (χ4n) is 1.89. The molecule has 1 amide bonds. The highest BCUT2D eigenvalue weighted by Crippen LogP contribution is 2.23. The van der Waals surface area contributed by atoms with Gasteiger partial charge in [0.1, 0.15) is 5.82 Å². The minimum Gasteiger partial charge on any atom is -0.342 e. The lowest BCUT2D eigenvalue weighted by molar-refractivity contribution is -0.129. The van der Waals surface area contributed by atoms with Gasteiger partial charge < -0.3 is 10.2 Å². The van der Waals surface area contributed by atoms with Gasteiger partial charge in [0.2, 0.25) is 5.91 Å². The maximum atomic E-state index is 13.0. The maximum absolute atomic E-state index is 13.0. The van der Waals surface area contributed by atoms with Crippen molar-refractivity contribution in [2.24, 2.45) is 0 Å². The molecular formula is C14H20ClFN2O. The van der Waals surface area contributed by atoms with Gasteiger partial charge in [-0.3, -0.25) is 4.79 Å². The number of hydrogen-bond donors (Lipinski definition) is 1. The monoisotopic (exact) mass is 286 g/mol. The van der Waals surface area contributed by atoms with Gasteiger partial charge in [-0.1, -0.05) is 17.7 Å². The number of benzene rings is 1. The molecule has 0 bridgehead atoms. The molecular weight excluding hydrogens is 267 g/mol. The molecule has 0 aliphatic carbocycles. The van der Waals surface area contributed by atoms with Crippen molar-refractivity contribution in [1.29, 1.82) is 0 Å². The molecule has 0 aliphatic heterocycles. The Morgan fingerprint density at radius 1 is 1.42 bits per heavy atom. The normalized spacial score (nSPS) is 12.3. The van der Waals surface area contributed by atoms with Gasteiger partial charge >= 0.3 is 0 Å². The molecule has 1 N–H and O–H groups in total. The Hall–Kier alpha value is -1.13. The molecule has 0 saturated carbocycles. The topological polar surface area (TPSA) is 32.3 Å². The molecule has 1 aromatic carbocycles. The number of nitrogens with zero attached hydrogens (tertiary/aromatic N) is 1. The van der Waals surface area contributed by atoms with Gasteiger partial charge in [-0.05, 0) is 38.5 Å². The van der Waals surface area contributed by atoms with Crippen molar-refractivity contribution < 1.29 is 9.18 Å². The molecule has 106 valence electrons. The number of amides is 1. The summed E-state index contributed by atoms with van der Waals surface area (Å²) >= 11 is 5.98. The van der Waals surface area contributed by atoms with Gasteiger partial charge in [-0.2, -0.15) is 0 Å². The number of halogens is 2. The first kappa shape index (κ1) is 15.9. The smallest absolute Gasteiger partial charge is 0.236 e. The molecule has 19 heavy (non-hydrogen) atoms. The number of carbonyl (C=O) groups excluding carboxylic acids is 1. The molecule has 0 spiro atoms. The third-order valence-corrected chi connectivity index (χ3v) is 3.43. The molecule has 1 rings (SSSR count). The molecule has 1 atom stereocenters. The van der Waals surface area contributed by atoms with E-state index in [2.05, 4.69) is 5.32 Å². The molecule has 0 saturated heterocycles. The third-order valence-electron chi connectivity index (χ3n) is 3.10. The summed E-state index contributed by atoms with van der Waals surface area (Å²) in [6, 6.07) is 4.18. The van der Waals surface area contributed by atoms with E-state index in [9.17, 15) is 9.18 Å². The second-order valence-electron chi connectivity index (χ2n) is 4.33. The van der Waals surface area contributed by atoms with E-state index in [0.717, 1.165) is 5.56 Å². The molecule has 5 heteroatoms. The predicted octanol–water partition coefficient (Wildman–Crippen LogP) is 3.00. The standard InChI is InChI=1S/C14H20ClFN2O/c1-4-18(5-2)14(19)9-17-10(3)12-7-6-11(16)8-13(12)15/h6-8,10,17H,4-5,9H2,1-3H3. The fourth-order valence-corrected chi connectivity index (χ4v) is 2.22. The van der Waals surface area contributed by atoms with Crippen LogP contribution in [0.3, 0.4) is 0 Å². The number of carbonyl (C=O) groups is 1. The van der Waals surface area contributed by atoms with Crippen LogP contribution in [0.4, 0.5) is 4.39 Å². The second-order valence-corrected chi connectivity index (χ2v) is 4.74. The van der Waals surface area contributed by atoms with Crippen LogP contribution in [-0.2, 0) is 4.79 Å². The van der Waals surface area contributed by atoms with Crippen LogP contribution in [0.15, 0.2) is 18.2 Å². The van der Waals surface area contributed by atoms with E-state index >= 15 is 0 Å². The predicted molar refractivity (Wildman–Crippen MR) is 75.8 cm³/mol. The van der Waals surface area contributed by atoms with E-state index < -0.39 is 0 Å². The summed E-state index contributed by atoms with van der Waals surface area (Å²) < 4.78 is 13.0. The highest BCUT2D eigenvalue weighted by molar-refractivity contribution is 6.31. The molecule has 0 fully saturated rings. The summed E-state index contributed by atoms with van der Waals surface area (Å²) in [5.74, 6) is -0.310. The van der Waals surface area contributed by atoms with Crippen LogP contribution >= 0.6 is 11.6 Å². The van der Waals surface area contributed by atoms with Gasteiger partial charge in [0, 0.05) is 24.2 Å². The summed E-state index contributed by atoms with van der Waals surface area (Å²) in [6.07, 6.45) is 0. The van der Waals surface area contributed by atoms with Crippen LogP contribution in [0, 0.1) is 5.82 Å². The van der Waals surface area contributed by atoms with Crippen LogP contribution in [0.2, 0.25) is 5.02 Å². The van der Waals surface area contributed by atoms with Crippen LogP contribution in [0.25, 0.3) is 0 Å². The SMILES string of the molecule is CCN(CC)C(=O)CNC(C)c1ccc(F)cc1Cl. The molecule has 0 heterocycles. The fraction of sp³-hybridized carbons (Fsp3) is 0.500. The van der Waals surface area contributed by atoms with Crippen molar-refractivity contribution in [3.05, 3.63) is 34.6 Å². The Morgan fingerprint density at radius 2 is 2.05 bits per heavy atom. The first-order valence-corrected chi connectivity index (χ1v) is 6.83. The lowest BCUT2D eigenvalue weighted by atomic mass is 10.1. The van der Waals surface area contributed by atoms with E-state index in [-0.39, 0.29) is 24.3 Å². The maximum Gasteiger partial charge on any atom is 0.236 e. The summed E-state index contributed by atoms with van der Waals surface area (Å²) in [4.78, 5) is 13.6. The van der Waals surface area contributed by atoms with Gasteiger partial charge in [-0.15, -0.1) is 0 Å². The van der Waals surface area contributed by atoms with Gasteiger partial charge in [0.15, 0.2) is 0 Å². The van der Waals surface area contributed by atoms with Crippen molar-refractivity contribution in [3.8, 4) is 0 Å². The van der Waals surface area contributed by atoms with Gasteiger partial charge in [-0.25, -0.2) is 4.39 Å². The zero-order chi connectivity index (χ0) is 14.4. The minimum absolute atomic E-state index is 0.0510. The summed E-state index contributed by atoms with van der Waals surface area (Å²) in [7, 11) is 0. The zero-order valence-corrected chi connectivity index (χ0v) is 12.3. The van der Waals surface area contributed by atoms with E-state index in [1.54, 1.807) is 11.0 Å². The molecule has 3 nitrogen and oxygen atoms in total. The number of nitrogens with one attached hydrogen (secondary N) is 1. The summed E-state index contributed by atoms with van der Waals surface area (Å²) in [5, 5.41) is 3.48. The Labute approximate surface area is 118 Å². The quantitative estimate of drug-likeness (QED) is 0.872. The molecule has 0 radical (unpaired) electrons. The number of likely N-dealkylation sites (N-methyl/N-ethyl adjacent to an activating group) is 1. The van der Waals surface area contributed by atoms with Crippen LogP contribution in [-0.4, -0.2) is 30.4 Å². The average molecular weight is 287 g/mol. The lowest BCUT2D eigenvalue weighted by Crippen LogP contribution is -2.38. The largest absolute Gasteiger partial charge is 0.342 e. The Kier molecular flexibility index (Phi) is 6.25. The van der Waals surface area contributed by atoms with E-state index in [4.69, 9.17) is 11.6 Å². The van der Waals surface area contributed by atoms with E-state index in [1.165, 1.54) is 12.1 Å². The first-order valence-electron chi connectivity index (χ1n) is 6.45. The molecule has 0 aliphatic rings. The highest BCUT2D eigenvalue weighted by Gasteiger charge is 2.14. The molecule has 0 aromatic heterocycles. The van der Waals surface area contributed by atoms with Crippen molar-refractivity contribution >= 4 is 17.5 Å². The van der Waals surface area contributed by atoms with Gasteiger partial charge in [0.25, 0.3) is 0 Å². The highest BCUT2D eigenvalue weighted by atomic mass is 35.5. The zero-order valence-electron chi connectivity index (χ0n) is 11.5. The minimum atomic E-state index is -0.361. The lowest BCUT2D eigenvalue weighted by Gasteiger charge is -2.21. The van der Waals surface area contributed by atoms with Crippen molar-refractivity contribution in [3.63, 3.8) is 0 Å². The Bertz CT molecular complexity index is 435. The van der Waals surface area contributed by atoms with E-state index in [1.807, 2.05) is 20.8 Å². The van der Waals surface area contributed by atoms with Crippen molar-refractivity contribution in [2.45, 2.75) is 26.8 Å². The molecule has 1 unspecified atom stereocenters. The van der Waals surface area contributed by atoms with Crippen LogP contribution < -0.4 is 5.32 Å². The summed E-state index contributed by atoms with van der Waals surface area (Å²) in [5.41, 5.74) is 0.787. The van der Waals surface area contributed by atoms with Gasteiger partial charge in [0.05, 0.1) is 6.54 Å². The summed E-state index contributed by atoms with van der Waals surface area (Å²) in [6.45, 7) is 7.43. The van der Waals surface area contributed by atoms with E-state index in [0.29, 0.717) is 18.1 Å². The Morgan fingerprint density at radius 3 is 2.58 bits per heavy atom.